The zero-order valence-corrected chi connectivity index (χ0v) is 11.1. The van der Waals surface area contributed by atoms with Crippen molar-refractivity contribution in [3.8, 4) is 0 Å². The van der Waals surface area contributed by atoms with Gasteiger partial charge in [-0.1, -0.05) is 13.8 Å². The summed E-state index contributed by atoms with van der Waals surface area (Å²) in [7, 11) is 1.88. The number of nitrogens with one attached hydrogen (secondary N) is 1. The van der Waals surface area contributed by atoms with E-state index in [4.69, 9.17) is 10.6 Å². The minimum absolute atomic E-state index is 0.0397. The van der Waals surface area contributed by atoms with Crippen LogP contribution in [0.15, 0.2) is 6.33 Å². The molecule has 0 saturated heterocycles. The van der Waals surface area contributed by atoms with Crippen LogP contribution in [0.2, 0.25) is 0 Å². The fraction of sp³-hybridized carbons (Fsp3) is 0.818. The quantitative estimate of drug-likeness (QED) is 0.528. The van der Waals surface area contributed by atoms with E-state index in [1.807, 2.05) is 14.0 Å². The molecule has 0 radical (unpaired) electrons. The fourth-order valence-corrected chi connectivity index (χ4v) is 1.94. The monoisotopic (exact) mass is 241 g/mol. The highest BCUT2D eigenvalue weighted by Crippen LogP contribution is 2.14. The Labute approximate surface area is 103 Å². The normalized spacial score (nSPS) is 15.2. The summed E-state index contributed by atoms with van der Waals surface area (Å²) < 4.78 is 7.50. The zero-order valence-electron chi connectivity index (χ0n) is 11.1. The summed E-state index contributed by atoms with van der Waals surface area (Å²) in [6.07, 6.45) is 2.32. The first kappa shape index (κ1) is 14.1. The molecule has 2 unspecified atom stereocenters. The van der Waals surface area contributed by atoms with Gasteiger partial charge >= 0.3 is 0 Å². The number of nitrogens with two attached hydrogens (primary N) is 1. The molecule has 1 heterocycles. The summed E-state index contributed by atoms with van der Waals surface area (Å²) >= 11 is 0. The number of rotatable bonds is 7. The lowest BCUT2D eigenvalue weighted by molar-refractivity contribution is 0.00294. The molecule has 1 aromatic heterocycles. The van der Waals surface area contributed by atoms with Gasteiger partial charge < -0.3 is 4.74 Å². The van der Waals surface area contributed by atoms with Crippen molar-refractivity contribution < 1.29 is 4.74 Å². The van der Waals surface area contributed by atoms with Crippen molar-refractivity contribution in [2.24, 2.45) is 18.8 Å². The van der Waals surface area contributed by atoms with Crippen LogP contribution in [0.5, 0.6) is 0 Å². The Morgan fingerprint density at radius 1 is 1.53 bits per heavy atom. The molecular weight excluding hydrogens is 218 g/mol. The molecule has 0 bridgehead atoms. The summed E-state index contributed by atoms with van der Waals surface area (Å²) in [5.41, 5.74) is 2.83. The second-order valence-corrected chi connectivity index (χ2v) is 4.44. The Morgan fingerprint density at radius 3 is 2.65 bits per heavy atom. The molecule has 1 rings (SSSR count). The van der Waals surface area contributed by atoms with Gasteiger partial charge in [0.15, 0.2) is 0 Å². The zero-order chi connectivity index (χ0) is 12.8. The predicted octanol–water partition coefficient (Wildman–Crippen LogP) is 0.251. The van der Waals surface area contributed by atoms with E-state index < -0.39 is 0 Å². The molecule has 1 aromatic rings. The van der Waals surface area contributed by atoms with E-state index >= 15 is 0 Å². The number of nitrogens with zero attached hydrogens (tertiary/aromatic N) is 3. The highest BCUT2D eigenvalue weighted by molar-refractivity contribution is 4.92. The van der Waals surface area contributed by atoms with Crippen molar-refractivity contribution in [1.29, 1.82) is 0 Å². The molecule has 2 atom stereocenters. The number of aryl methyl sites for hydroxylation is 1. The smallest absolute Gasteiger partial charge is 0.138 e. The largest absolute Gasteiger partial charge is 0.377 e. The van der Waals surface area contributed by atoms with E-state index in [-0.39, 0.29) is 12.1 Å². The molecule has 0 aliphatic rings. The van der Waals surface area contributed by atoms with Crippen LogP contribution in [0, 0.1) is 5.92 Å². The molecule has 6 heteroatoms. The molecule has 0 amide bonds. The van der Waals surface area contributed by atoms with Gasteiger partial charge in [-0.25, -0.2) is 4.98 Å². The molecule has 6 nitrogen and oxygen atoms in total. The minimum atomic E-state index is 0.0397. The molecule has 17 heavy (non-hydrogen) atoms. The van der Waals surface area contributed by atoms with E-state index in [0.717, 1.165) is 5.82 Å². The standard InChI is InChI=1S/C11H23N5O/c1-5-17-11(8(2)3)9(15-12)6-10-13-7-14-16(10)4/h7-9,11,15H,5-6,12H2,1-4H3. The maximum Gasteiger partial charge on any atom is 0.138 e. The van der Waals surface area contributed by atoms with Crippen molar-refractivity contribution in [2.75, 3.05) is 6.61 Å². The minimum Gasteiger partial charge on any atom is -0.377 e. The van der Waals surface area contributed by atoms with Gasteiger partial charge in [-0.05, 0) is 12.8 Å². The molecule has 0 fully saturated rings. The van der Waals surface area contributed by atoms with Crippen LogP contribution in [0.1, 0.15) is 26.6 Å². The van der Waals surface area contributed by atoms with Crippen LogP contribution in [-0.2, 0) is 18.2 Å². The summed E-state index contributed by atoms with van der Waals surface area (Å²) in [6, 6.07) is 0.0397. The van der Waals surface area contributed by atoms with Crippen LogP contribution in [-0.4, -0.2) is 33.5 Å². The topological polar surface area (TPSA) is 78.0 Å². The second-order valence-electron chi connectivity index (χ2n) is 4.44. The van der Waals surface area contributed by atoms with Gasteiger partial charge in [0.2, 0.25) is 0 Å². The van der Waals surface area contributed by atoms with E-state index in [0.29, 0.717) is 18.9 Å². The van der Waals surface area contributed by atoms with Crippen molar-refractivity contribution >= 4 is 0 Å². The van der Waals surface area contributed by atoms with E-state index in [9.17, 15) is 0 Å². The van der Waals surface area contributed by atoms with Crippen molar-refractivity contribution in [3.05, 3.63) is 12.2 Å². The summed E-state index contributed by atoms with van der Waals surface area (Å²) in [4.78, 5) is 4.21. The highest BCUT2D eigenvalue weighted by atomic mass is 16.5. The van der Waals surface area contributed by atoms with Gasteiger partial charge in [0.1, 0.15) is 12.2 Å². The third kappa shape index (κ3) is 3.76. The lowest BCUT2D eigenvalue weighted by atomic mass is 9.97. The number of aromatic nitrogens is 3. The number of hydrazine groups is 1. The first-order valence-electron chi connectivity index (χ1n) is 6.00. The van der Waals surface area contributed by atoms with Crippen LogP contribution in [0.4, 0.5) is 0 Å². The number of hydrogen-bond acceptors (Lipinski definition) is 5. The van der Waals surface area contributed by atoms with E-state index in [1.165, 1.54) is 0 Å². The summed E-state index contributed by atoms with van der Waals surface area (Å²) in [6.45, 7) is 6.92. The van der Waals surface area contributed by atoms with E-state index in [1.54, 1.807) is 11.0 Å². The molecule has 3 N–H and O–H groups in total. The first-order valence-corrected chi connectivity index (χ1v) is 6.00. The van der Waals surface area contributed by atoms with E-state index in [2.05, 4.69) is 29.4 Å². The molecule has 0 aliphatic carbocycles. The average Bonchev–Trinajstić information content (AvgIpc) is 2.69. The molecule has 0 spiro atoms. The predicted molar refractivity (Wildman–Crippen MR) is 66.1 cm³/mol. The Kier molecular flexibility index (Phi) is 5.54. The number of ether oxygens (including phenoxy) is 1. The number of hydrogen-bond donors (Lipinski definition) is 2. The lowest BCUT2D eigenvalue weighted by Gasteiger charge is -2.29. The lowest BCUT2D eigenvalue weighted by Crippen LogP contribution is -2.49. The Balaban J connectivity index is 2.72. The molecule has 0 aromatic carbocycles. The first-order chi connectivity index (χ1) is 8.10. The van der Waals surface area contributed by atoms with Gasteiger partial charge in [-0.2, -0.15) is 5.10 Å². The third-order valence-electron chi connectivity index (χ3n) is 2.83. The van der Waals surface area contributed by atoms with Gasteiger partial charge in [0.05, 0.1) is 12.1 Å². The Hall–Kier alpha value is -0.980. The highest BCUT2D eigenvalue weighted by Gasteiger charge is 2.25. The fourth-order valence-electron chi connectivity index (χ4n) is 1.94. The second kappa shape index (κ2) is 6.68. The Morgan fingerprint density at radius 2 is 2.24 bits per heavy atom. The third-order valence-corrected chi connectivity index (χ3v) is 2.83. The van der Waals surface area contributed by atoms with Crippen molar-refractivity contribution in [2.45, 2.75) is 39.3 Å². The molecule has 0 saturated carbocycles. The van der Waals surface area contributed by atoms with Crippen molar-refractivity contribution in [1.82, 2.24) is 20.2 Å². The van der Waals surface area contributed by atoms with Crippen LogP contribution in [0.25, 0.3) is 0 Å². The van der Waals surface area contributed by atoms with Gasteiger partial charge in [-0.3, -0.25) is 16.0 Å². The van der Waals surface area contributed by atoms with Crippen LogP contribution in [0.3, 0.4) is 0 Å². The Bertz CT molecular complexity index is 325. The summed E-state index contributed by atoms with van der Waals surface area (Å²) in [5.74, 6) is 6.91. The van der Waals surface area contributed by atoms with Crippen LogP contribution >= 0.6 is 0 Å². The SMILES string of the molecule is CCOC(C(C)C)C(Cc1ncnn1C)NN. The molecule has 0 aliphatic heterocycles. The maximum absolute atomic E-state index is 5.75. The average molecular weight is 241 g/mol. The molecular formula is C11H23N5O. The van der Waals surface area contributed by atoms with Crippen molar-refractivity contribution in [3.63, 3.8) is 0 Å². The van der Waals surface area contributed by atoms with Gasteiger partial charge in [0, 0.05) is 20.1 Å². The summed E-state index contributed by atoms with van der Waals surface area (Å²) in [5, 5.41) is 4.05. The maximum atomic E-state index is 5.75. The molecule has 98 valence electrons. The van der Waals surface area contributed by atoms with Gasteiger partial charge in [0.25, 0.3) is 0 Å². The van der Waals surface area contributed by atoms with Gasteiger partial charge in [-0.15, -0.1) is 0 Å². The van der Waals surface area contributed by atoms with Crippen LogP contribution < -0.4 is 11.3 Å².